The fraction of sp³-hybridized carbons (Fsp3) is 0.368. The Morgan fingerprint density at radius 2 is 1.96 bits per heavy atom. The van der Waals surface area contributed by atoms with Gasteiger partial charge in [0, 0.05) is 43.3 Å². The normalized spacial score (nSPS) is 15.9. The van der Waals surface area contributed by atoms with E-state index < -0.39 is 0 Å². The third-order valence-electron chi connectivity index (χ3n) is 4.73. The number of piperazine rings is 1. The lowest BCUT2D eigenvalue weighted by molar-refractivity contribution is -0.117. The van der Waals surface area contributed by atoms with Crippen molar-refractivity contribution in [3.63, 3.8) is 0 Å². The van der Waals surface area contributed by atoms with Crippen LogP contribution in [0.25, 0.3) is 21.3 Å². The molecule has 1 amide bonds. The van der Waals surface area contributed by atoms with Gasteiger partial charge in [0.05, 0.1) is 6.54 Å². The second-order valence-corrected chi connectivity index (χ2v) is 8.07. The first-order chi connectivity index (χ1) is 13.1. The topological polar surface area (TPSA) is 74.2 Å². The van der Waals surface area contributed by atoms with Crippen molar-refractivity contribution in [1.82, 2.24) is 25.0 Å². The lowest BCUT2D eigenvalue weighted by atomic mass is 10.1. The Kier molecular flexibility index (Phi) is 5.11. The number of pyridine rings is 1. The van der Waals surface area contributed by atoms with E-state index in [1.54, 1.807) is 17.5 Å². The molecule has 0 atom stereocenters. The Morgan fingerprint density at radius 1 is 1.15 bits per heavy atom. The minimum absolute atomic E-state index is 0.0256. The van der Waals surface area contributed by atoms with Crippen LogP contribution in [0.5, 0.6) is 0 Å². The van der Waals surface area contributed by atoms with Crippen LogP contribution in [0.1, 0.15) is 5.01 Å². The number of benzene rings is 1. The summed E-state index contributed by atoms with van der Waals surface area (Å²) in [6, 6.07) is 8.02. The van der Waals surface area contributed by atoms with Gasteiger partial charge in [0.15, 0.2) is 0 Å². The number of hydrogen-bond acceptors (Lipinski definition) is 7. The Morgan fingerprint density at radius 3 is 2.70 bits per heavy atom. The maximum atomic E-state index is 12.4. The number of aromatic nitrogens is 3. The van der Waals surface area contributed by atoms with Gasteiger partial charge in [-0.2, -0.15) is 0 Å². The molecule has 0 saturated carbocycles. The number of fused-ring (bicyclic) bond motifs is 1. The molecular formula is C19H22N6OS. The van der Waals surface area contributed by atoms with Crippen LogP contribution >= 0.6 is 11.3 Å². The van der Waals surface area contributed by atoms with Crippen molar-refractivity contribution in [3.05, 3.63) is 35.5 Å². The summed E-state index contributed by atoms with van der Waals surface area (Å²) in [7, 11) is 2.10. The number of hydrogen-bond donors (Lipinski definition) is 1. The van der Waals surface area contributed by atoms with Crippen LogP contribution in [0.15, 0.2) is 30.5 Å². The van der Waals surface area contributed by atoms with Crippen molar-refractivity contribution in [2.75, 3.05) is 45.1 Å². The molecule has 1 saturated heterocycles. The molecule has 1 aliphatic heterocycles. The third-order valence-corrected chi connectivity index (χ3v) is 5.61. The van der Waals surface area contributed by atoms with Crippen LogP contribution in [-0.2, 0) is 4.79 Å². The van der Waals surface area contributed by atoms with Gasteiger partial charge in [-0.25, -0.2) is 4.98 Å². The van der Waals surface area contributed by atoms with Crippen molar-refractivity contribution >= 4 is 33.8 Å². The van der Waals surface area contributed by atoms with Crippen molar-refractivity contribution in [2.24, 2.45) is 0 Å². The summed E-state index contributed by atoms with van der Waals surface area (Å²) < 4.78 is 0. The Balaban J connectivity index is 1.48. The molecule has 4 rings (SSSR count). The molecule has 7 nitrogen and oxygen atoms in total. The molecule has 2 aromatic heterocycles. The maximum Gasteiger partial charge on any atom is 0.239 e. The van der Waals surface area contributed by atoms with Crippen molar-refractivity contribution in [2.45, 2.75) is 6.92 Å². The lowest BCUT2D eigenvalue weighted by Gasteiger charge is -2.31. The summed E-state index contributed by atoms with van der Waals surface area (Å²) in [6.07, 6.45) is 1.79. The van der Waals surface area contributed by atoms with Gasteiger partial charge >= 0.3 is 0 Å². The first kappa shape index (κ1) is 18.0. The molecule has 1 N–H and O–H groups in total. The van der Waals surface area contributed by atoms with Gasteiger partial charge in [0.2, 0.25) is 5.91 Å². The molecule has 27 heavy (non-hydrogen) atoms. The van der Waals surface area contributed by atoms with Gasteiger partial charge in [-0.15, -0.1) is 10.2 Å². The molecule has 1 fully saturated rings. The Hall–Kier alpha value is -2.42. The molecule has 3 aromatic rings. The van der Waals surface area contributed by atoms with Crippen LogP contribution < -0.4 is 5.32 Å². The first-order valence-electron chi connectivity index (χ1n) is 8.98. The van der Waals surface area contributed by atoms with Crippen LogP contribution in [0.3, 0.4) is 0 Å². The fourth-order valence-electron chi connectivity index (χ4n) is 3.15. The number of carbonyl (C=O) groups is 1. The highest BCUT2D eigenvalue weighted by Crippen LogP contribution is 2.27. The number of nitrogens with zero attached hydrogens (tertiary/aromatic N) is 5. The average Bonchev–Trinajstić information content (AvgIpc) is 3.09. The number of rotatable bonds is 4. The standard InChI is InChI=1S/C19H22N6OS/c1-13-22-23-19(27-13)14-3-4-15-11-20-17(10-16(15)9-14)21-18(26)12-25-7-5-24(2)6-8-25/h3-4,9-11H,5-8,12H2,1-2H3,(H,20,21,26). The number of amides is 1. The monoisotopic (exact) mass is 382 g/mol. The zero-order valence-electron chi connectivity index (χ0n) is 15.5. The molecule has 0 spiro atoms. The van der Waals surface area contributed by atoms with E-state index >= 15 is 0 Å². The van der Waals surface area contributed by atoms with Gasteiger partial charge in [0.25, 0.3) is 0 Å². The molecule has 0 bridgehead atoms. The second kappa shape index (κ2) is 7.67. The fourth-order valence-corrected chi connectivity index (χ4v) is 3.83. The highest BCUT2D eigenvalue weighted by Gasteiger charge is 2.17. The quantitative estimate of drug-likeness (QED) is 0.746. The number of nitrogens with one attached hydrogen (secondary N) is 1. The van der Waals surface area contributed by atoms with Crippen molar-refractivity contribution in [3.8, 4) is 10.6 Å². The summed E-state index contributed by atoms with van der Waals surface area (Å²) in [4.78, 5) is 21.2. The van der Waals surface area contributed by atoms with E-state index in [0.29, 0.717) is 12.4 Å². The van der Waals surface area contributed by atoms with Gasteiger partial charge in [0.1, 0.15) is 15.8 Å². The Bertz CT molecular complexity index is 964. The summed E-state index contributed by atoms with van der Waals surface area (Å²) in [5, 5.41) is 15.1. The molecule has 0 unspecified atom stereocenters. The average molecular weight is 382 g/mol. The minimum Gasteiger partial charge on any atom is -0.310 e. The van der Waals surface area contributed by atoms with Crippen molar-refractivity contribution in [1.29, 1.82) is 0 Å². The van der Waals surface area contributed by atoms with Gasteiger partial charge in [-0.05, 0) is 31.5 Å². The third kappa shape index (κ3) is 4.29. The second-order valence-electron chi connectivity index (χ2n) is 6.89. The zero-order chi connectivity index (χ0) is 18.8. The van der Waals surface area contributed by atoms with E-state index in [4.69, 9.17) is 0 Å². The largest absolute Gasteiger partial charge is 0.310 e. The lowest BCUT2D eigenvalue weighted by Crippen LogP contribution is -2.47. The predicted molar refractivity (Wildman–Crippen MR) is 108 cm³/mol. The van der Waals surface area contributed by atoms with Gasteiger partial charge < -0.3 is 10.2 Å². The summed E-state index contributed by atoms with van der Waals surface area (Å²) >= 11 is 1.57. The molecule has 140 valence electrons. The van der Waals surface area contributed by atoms with Gasteiger partial charge in [-0.3, -0.25) is 9.69 Å². The van der Waals surface area contributed by atoms with Crippen LogP contribution in [0.4, 0.5) is 5.82 Å². The molecule has 0 radical (unpaired) electrons. The molecule has 1 aromatic carbocycles. The van der Waals surface area contributed by atoms with E-state index in [-0.39, 0.29) is 5.91 Å². The van der Waals surface area contributed by atoms with E-state index in [9.17, 15) is 4.79 Å². The zero-order valence-corrected chi connectivity index (χ0v) is 16.3. The summed E-state index contributed by atoms with van der Waals surface area (Å²) in [5.74, 6) is 0.550. The number of aryl methyl sites for hydroxylation is 1. The number of likely N-dealkylation sites (N-methyl/N-ethyl adjacent to an activating group) is 1. The minimum atomic E-state index is -0.0256. The summed E-state index contributed by atoms with van der Waals surface area (Å²) in [6.45, 7) is 6.17. The molecule has 0 aliphatic carbocycles. The van der Waals surface area contributed by atoms with E-state index in [2.05, 4.69) is 43.4 Å². The van der Waals surface area contributed by atoms with Crippen LogP contribution in [0.2, 0.25) is 0 Å². The van der Waals surface area contributed by atoms with Crippen LogP contribution in [-0.4, -0.2) is 70.7 Å². The van der Waals surface area contributed by atoms with E-state index in [1.165, 1.54) is 0 Å². The Labute approximate surface area is 162 Å². The maximum absolute atomic E-state index is 12.4. The van der Waals surface area contributed by atoms with Gasteiger partial charge in [-0.1, -0.05) is 23.5 Å². The van der Waals surface area contributed by atoms with E-state index in [1.807, 2.05) is 25.1 Å². The predicted octanol–water partition coefficient (Wildman–Crippen LogP) is 2.25. The number of carbonyl (C=O) groups excluding carboxylic acids is 1. The highest BCUT2D eigenvalue weighted by molar-refractivity contribution is 7.14. The molecular weight excluding hydrogens is 360 g/mol. The molecule has 1 aliphatic rings. The SMILES string of the molecule is Cc1nnc(-c2ccc3cnc(NC(=O)CN4CCN(C)CC4)cc3c2)s1. The molecule has 8 heteroatoms. The van der Waals surface area contributed by atoms with Crippen molar-refractivity contribution < 1.29 is 4.79 Å². The summed E-state index contributed by atoms with van der Waals surface area (Å²) in [5.41, 5.74) is 1.02. The molecule has 3 heterocycles. The first-order valence-corrected chi connectivity index (χ1v) is 9.79. The van der Waals surface area contributed by atoms with Crippen LogP contribution in [0, 0.1) is 6.92 Å². The smallest absolute Gasteiger partial charge is 0.239 e. The highest BCUT2D eigenvalue weighted by atomic mass is 32.1. The van der Waals surface area contributed by atoms with E-state index in [0.717, 1.165) is 52.5 Å². The number of anilines is 1.